The van der Waals surface area contributed by atoms with E-state index in [-0.39, 0.29) is 0 Å². The van der Waals surface area contributed by atoms with Crippen molar-refractivity contribution in [3.05, 3.63) is 16.7 Å². The summed E-state index contributed by atoms with van der Waals surface area (Å²) in [6.45, 7) is 0. The van der Waals surface area contributed by atoms with Crippen molar-refractivity contribution >= 4 is 15.8 Å². The minimum Gasteiger partial charge on any atom is -0.392 e. The Hall–Kier alpha value is -1.41. The van der Waals surface area contributed by atoms with Gasteiger partial charge in [-0.3, -0.25) is 9.35 Å². The summed E-state index contributed by atoms with van der Waals surface area (Å²) < 4.78 is 29.4. The van der Waals surface area contributed by atoms with Crippen LogP contribution in [0.15, 0.2) is 16.1 Å². The van der Waals surface area contributed by atoms with Crippen LogP contribution in [0.3, 0.4) is 0 Å². The molecule has 66 valence electrons. The molecule has 0 aliphatic rings. The van der Waals surface area contributed by atoms with Crippen molar-refractivity contribution in [2.75, 3.05) is 5.73 Å². The van der Waals surface area contributed by atoms with Gasteiger partial charge in [0.1, 0.15) is 5.69 Å². The molecule has 0 aliphatic heterocycles. The monoisotopic (exact) mass is 191 g/mol. The summed E-state index contributed by atoms with van der Waals surface area (Å²) in [7, 11) is -4.51. The average Bonchev–Trinajstić information content (AvgIpc) is 1.92. The fraction of sp³-hybridized carbons (Fsp3) is 0. The van der Waals surface area contributed by atoms with Crippen LogP contribution >= 0.6 is 0 Å². The second-order valence-electron chi connectivity index (χ2n) is 1.93. The number of aromatic nitrogens is 2. The van der Waals surface area contributed by atoms with Gasteiger partial charge in [-0.05, 0) is 0 Å². The van der Waals surface area contributed by atoms with Gasteiger partial charge in [0.2, 0.25) is 5.03 Å². The molecule has 0 amide bonds. The molecule has 1 aromatic rings. The molecule has 0 atom stereocenters. The quantitative estimate of drug-likeness (QED) is 0.370. The molecule has 1 rings (SSSR count). The van der Waals surface area contributed by atoms with Gasteiger partial charge < -0.3 is 10.7 Å². The lowest BCUT2D eigenvalue weighted by molar-refractivity contribution is 0.479. The molecule has 4 N–H and O–H groups in total. The van der Waals surface area contributed by atoms with Crippen LogP contribution in [0.5, 0.6) is 0 Å². The molecular weight excluding hydrogens is 186 g/mol. The minimum absolute atomic E-state index is 0.625. The van der Waals surface area contributed by atoms with Crippen LogP contribution in [0.4, 0.5) is 5.69 Å². The molecule has 0 saturated carbocycles. The van der Waals surface area contributed by atoms with Gasteiger partial charge in [-0.25, -0.2) is 4.98 Å². The number of nitrogens with zero attached hydrogens (tertiary/aromatic N) is 1. The van der Waals surface area contributed by atoms with Crippen LogP contribution in [0.25, 0.3) is 0 Å². The van der Waals surface area contributed by atoms with Crippen molar-refractivity contribution in [2.24, 2.45) is 0 Å². The number of anilines is 1. The molecule has 1 aromatic heterocycles. The van der Waals surface area contributed by atoms with Crippen molar-refractivity contribution in [1.82, 2.24) is 9.97 Å². The topological polar surface area (TPSA) is 126 Å². The summed E-state index contributed by atoms with van der Waals surface area (Å²) >= 11 is 0. The first-order valence-electron chi connectivity index (χ1n) is 2.73. The molecule has 0 bridgehead atoms. The van der Waals surface area contributed by atoms with Crippen LogP contribution in [0.2, 0.25) is 0 Å². The number of H-pyrrole nitrogens is 1. The van der Waals surface area contributed by atoms with E-state index in [1.807, 2.05) is 4.98 Å². The number of aromatic amines is 1. The SMILES string of the molecule is Nc1c(S(=O)(=O)O)nc[nH]c1=O. The fourth-order valence-electron chi connectivity index (χ4n) is 0.600. The van der Waals surface area contributed by atoms with Crippen molar-refractivity contribution in [2.45, 2.75) is 5.03 Å². The highest BCUT2D eigenvalue weighted by molar-refractivity contribution is 7.85. The predicted octanol–water partition coefficient (Wildman–Crippen LogP) is -1.40. The molecular formula is C4H5N3O4S. The van der Waals surface area contributed by atoms with Gasteiger partial charge in [0.25, 0.3) is 5.56 Å². The van der Waals surface area contributed by atoms with Crippen LogP contribution in [-0.4, -0.2) is 22.9 Å². The molecule has 0 saturated heterocycles. The number of nitrogen functional groups attached to an aromatic ring is 1. The summed E-state index contributed by atoms with van der Waals surface area (Å²) in [4.78, 5) is 15.9. The van der Waals surface area contributed by atoms with E-state index in [4.69, 9.17) is 10.3 Å². The van der Waals surface area contributed by atoms with Gasteiger partial charge in [-0.2, -0.15) is 8.42 Å². The summed E-state index contributed by atoms with van der Waals surface area (Å²) in [6.07, 6.45) is 0.835. The van der Waals surface area contributed by atoms with E-state index in [1.54, 1.807) is 0 Å². The maximum Gasteiger partial charge on any atom is 0.314 e. The molecule has 12 heavy (non-hydrogen) atoms. The smallest absolute Gasteiger partial charge is 0.314 e. The number of nitrogens with two attached hydrogens (primary N) is 1. The van der Waals surface area contributed by atoms with E-state index < -0.39 is 26.4 Å². The highest BCUT2D eigenvalue weighted by Crippen LogP contribution is 2.07. The molecule has 0 fully saturated rings. The minimum atomic E-state index is -4.51. The van der Waals surface area contributed by atoms with Gasteiger partial charge in [-0.15, -0.1) is 0 Å². The second-order valence-corrected chi connectivity index (χ2v) is 3.26. The summed E-state index contributed by atoms with van der Waals surface area (Å²) in [5.41, 5.74) is 3.59. The lowest BCUT2D eigenvalue weighted by Crippen LogP contribution is -2.17. The van der Waals surface area contributed by atoms with E-state index in [1.165, 1.54) is 0 Å². The number of rotatable bonds is 1. The van der Waals surface area contributed by atoms with Crippen LogP contribution in [0.1, 0.15) is 0 Å². The van der Waals surface area contributed by atoms with Crippen molar-refractivity contribution in [3.8, 4) is 0 Å². The predicted molar refractivity (Wildman–Crippen MR) is 39.1 cm³/mol. The number of hydrogen-bond donors (Lipinski definition) is 3. The highest BCUT2D eigenvalue weighted by Gasteiger charge is 2.17. The zero-order valence-electron chi connectivity index (χ0n) is 5.68. The van der Waals surface area contributed by atoms with Crippen molar-refractivity contribution in [1.29, 1.82) is 0 Å². The molecule has 0 unspecified atom stereocenters. The average molecular weight is 191 g/mol. The van der Waals surface area contributed by atoms with Crippen molar-refractivity contribution < 1.29 is 13.0 Å². The van der Waals surface area contributed by atoms with E-state index in [0.717, 1.165) is 6.33 Å². The third kappa shape index (κ3) is 1.43. The van der Waals surface area contributed by atoms with Crippen LogP contribution in [-0.2, 0) is 10.1 Å². The number of nitrogens with one attached hydrogen (secondary N) is 1. The van der Waals surface area contributed by atoms with Gasteiger partial charge in [0, 0.05) is 0 Å². The van der Waals surface area contributed by atoms with E-state index in [2.05, 4.69) is 4.98 Å². The second kappa shape index (κ2) is 2.57. The Morgan fingerprint density at radius 1 is 1.58 bits per heavy atom. The third-order valence-corrected chi connectivity index (χ3v) is 1.91. The molecule has 1 heterocycles. The molecule has 0 spiro atoms. The van der Waals surface area contributed by atoms with E-state index in [0.29, 0.717) is 0 Å². The zero-order valence-corrected chi connectivity index (χ0v) is 6.50. The zero-order chi connectivity index (χ0) is 9.35. The molecule has 0 aromatic carbocycles. The van der Waals surface area contributed by atoms with Crippen LogP contribution < -0.4 is 11.3 Å². The largest absolute Gasteiger partial charge is 0.392 e. The number of hydrogen-bond acceptors (Lipinski definition) is 5. The Balaban J connectivity index is 3.58. The van der Waals surface area contributed by atoms with Gasteiger partial charge in [-0.1, -0.05) is 0 Å². The van der Waals surface area contributed by atoms with E-state index in [9.17, 15) is 13.2 Å². The fourth-order valence-corrected chi connectivity index (χ4v) is 1.16. The molecule has 7 nitrogen and oxygen atoms in total. The molecule has 8 heteroatoms. The molecule has 0 aliphatic carbocycles. The summed E-state index contributed by atoms with van der Waals surface area (Å²) in [5, 5.41) is -0.828. The van der Waals surface area contributed by atoms with Gasteiger partial charge in [0.05, 0.1) is 6.33 Å². The van der Waals surface area contributed by atoms with Crippen LogP contribution in [0, 0.1) is 0 Å². The Morgan fingerprint density at radius 2 is 2.17 bits per heavy atom. The standard InChI is InChI=1S/C4H5N3O4S/c5-2-3(8)6-1-7-4(2)12(9,10)11/h1H,5H2,(H,6,7,8)(H,9,10,11). The van der Waals surface area contributed by atoms with Crippen molar-refractivity contribution in [3.63, 3.8) is 0 Å². The van der Waals surface area contributed by atoms with Gasteiger partial charge >= 0.3 is 10.1 Å². The lowest BCUT2D eigenvalue weighted by Gasteiger charge is -1.97. The Labute approximate surface area is 67.0 Å². The van der Waals surface area contributed by atoms with E-state index >= 15 is 0 Å². The Bertz CT molecular complexity index is 448. The maximum atomic E-state index is 10.7. The summed E-state index contributed by atoms with van der Waals surface area (Å²) in [5.74, 6) is 0. The highest BCUT2D eigenvalue weighted by atomic mass is 32.2. The normalized spacial score (nSPS) is 11.4. The summed E-state index contributed by atoms with van der Waals surface area (Å²) in [6, 6.07) is 0. The first-order chi connectivity index (χ1) is 5.43. The first kappa shape index (κ1) is 8.68. The lowest BCUT2D eigenvalue weighted by atomic mass is 10.5. The van der Waals surface area contributed by atoms with Gasteiger partial charge in [0.15, 0.2) is 0 Å². The maximum absolute atomic E-state index is 10.7. The molecule has 0 radical (unpaired) electrons. The first-order valence-corrected chi connectivity index (χ1v) is 4.17. The Morgan fingerprint density at radius 3 is 2.58 bits per heavy atom. The Kier molecular flexibility index (Phi) is 1.86. The third-order valence-electron chi connectivity index (χ3n) is 1.10.